The van der Waals surface area contributed by atoms with Gasteiger partial charge in [0.15, 0.2) is 0 Å². The zero-order valence-corrected chi connectivity index (χ0v) is 13.3. The Labute approximate surface area is 147 Å². The fourth-order valence-electron chi connectivity index (χ4n) is 2.30. The number of benzene rings is 2. The third kappa shape index (κ3) is 3.97. The number of nitrogens with zero attached hydrogens (tertiary/aromatic N) is 3. The van der Waals surface area contributed by atoms with Crippen LogP contribution in [0.5, 0.6) is 0 Å². The van der Waals surface area contributed by atoms with Crippen LogP contribution in [0.15, 0.2) is 73.2 Å². The summed E-state index contributed by atoms with van der Waals surface area (Å²) < 4.78 is 38.6. The van der Waals surface area contributed by atoms with Gasteiger partial charge in [-0.3, -0.25) is 0 Å². The summed E-state index contributed by atoms with van der Waals surface area (Å²) in [5.74, 6) is 0.288. The lowest BCUT2D eigenvalue weighted by Crippen LogP contribution is -2.31. The summed E-state index contributed by atoms with van der Waals surface area (Å²) in [5.41, 5.74) is -0.306. The number of halogens is 3. The van der Waals surface area contributed by atoms with Crippen LogP contribution >= 0.6 is 0 Å². The fraction of sp³-hybridized carbons (Fsp3) is 0.0556. The van der Waals surface area contributed by atoms with Gasteiger partial charge in [0.1, 0.15) is 12.1 Å². The lowest BCUT2D eigenvalue weighted by Gasteiger charge is -2.22. The van der Waals surface area contributed by atoms with Crippen molar-refractivity contribution in [2.75, 3.05) is 10.2 Å². The van der Waals surface area contributed by atoms with Gasteiger partial charge in [0, 0.05) is 11.9 Å². The van der Waals surface area contributed by atoms with E-state index >= 15 is 0 Å². The first-order valence-corrected chi connectivity index (χ1v) is 7.54. The minimum absolute atomic E-state index is 0.0276. The smallest absolute Gasteiger partial charge is 0.307 e. The first-order chi connectivity index (χ1) is 12.4. The van der Waals surface area contributed by atoms with Crippen molar-refractivity contribution in [3.05, 3.63) is 78.8 Å². The van der Waals surface area contributed by atoms with Crippen molar-refractivity contribution < 1.29 is 18.0 Å². The Kier molecular flexibility index (Phi) is 4.83. The second-order valence-electron chi connectivity index (χ2n) is 5.25. The van der Waals surface area contributed by atoms with E-state index in [1.54, 1.807) is 30.3 Å². The van der Waals surface area contributed by atoms with Crippen LogP contribution in [0.4, 0.5) is 35.2 Å². The molecule has 0 spiro atoms. The molecule has 0 atom stereocenters. The summed E-state index contributed by atoms with van der Waals surface area (Å²) in [6.07, 6.45) is -1.74. The molecule has 5 nitrogen and oxygen atoms in total. The number of hydrogen-bond acceptors (Lipinski definition) is 3. The van der Waals surface area contributed by atoms with Crippen molar-refractivity contribution in [1.29, 1.82) is 0 Å². The average molecular weight is 358 g/mol. The first-order valence-electron chi connectivity index (χ1n) is 7.54. The molecule has 3 rings (SSSR count). The summed E-state index contributed by atoms with van der Waals surface area (Å²) in [4.78, 5) is 21.9. The number of para-hydroxylation sites is 1. The molecule has 0 radical (unpaired) electrons. The van der Waals surface area contributed by atoms with Gasteiger partial charge in [-0.25, -0.2) is 19.7 Å². The van der Waals surface area contributed by atoms with Crippen LogP contribution in [0.3, 0.4) is 0 Å². The topological polar surface area (TPSA) is 58.1 Å². The highest BCUT2D eigenvalue weighted by atomic mass is 19.4. The maximum Gasteiger partial charge on any atom is 0.416 e. The van der Waals surface area contributed by atoms with Crippen LogP contribution in [0.1, 0.15) is 5.56 Å². The van der Waals surface area contributed by atoms with Gasteiger partial charge in [0.05, 0.1) is 11.3 Å². The Hall–Kier alpha value is -3.42. The number of amides is 2. The van der Waals surface area contributed by atoms with E-state index in [9.17, 15) is 18.0 Å². The van der Waals surface area contributed by atoms with Crippen molar-refractivity contribution in [3.8, 4) is 0 Å². The summed E-state index contributed by atoms with van der Waals surface area (Å²) in [7, 11) is 0. The summed E-state index contributed by atoms with van der Waals surface area (Å²) in [6.45, 7) is 0. The molecular weight excluding hydrogens is 345 g/mol. The van der Waals surface area contributed by atoms with Gasteiger partial charge < -0.3 is 5.32 Å². The molecule has 1 aromatic heterocycles. The molecule has 0 saturated heterocycles. The second-order valence-corrected chi connectivity index (χ2v) is 5.25. The van der Waals surface area contributed by atoms with Gasteiger partial charge in [-0.2, -0.15) is 13.2 Å². The van der Waals surface area contributed by atoms with Crippen LogP contribution in [0, 0.1) is 0 Å². The van der Waals surface area contributed by atoms with Crippen molar-refractivity contribution in [3.63, 3.8) is 0 Å². The van der Waals surface area contributed by atoms with E-state index in [4.69, 9.17) is 0 Å². The van der Waals surface area contributed by atoms with Crippen LogP contribution in [0.25, 0.3) is 0 Å². The number of urea groups is 1. The first kappa shape index (κ1) is 17.4. The zero-order chi connectivity index (χ0) is 18.6. The van der Waals surface area contributed by atoms with Crippen molar-refractivity contribution in [1.82, 2.24) is 9.97 Å². The van der Waals surface area contributed by atoms with Gasteiger partial charge >= 0.3 is 12.2 Å². The molecule has 26 heavy (non-hydrogen) atoms. The Balaban J connectivity index is 1.92. The van der Waals surface area contributed by atoms with Crippen molar-refractivity contribution in [2.45, 2.75) is 6.18 Å². The minimum Gasteiger partial charge on any atom is -0.307 e. The zero-order valence-electron chi connectivity index (χ0n) is 13.3. The highest BCUT2D eigenvalue weighted by Crippen LogP contribution is 2.31. The fourth-order valence-corrected chi connectivity index (χ4v) is 2.30. The van der Waals surface area contributed by atoms with Gasteiger partial charge in [0.2, 0.25) is 0 Å². The number of anilines is 3. The Bertz CT molecular complexity index is 846. The second kappa shape index (κ2) is 7.22. The molecule has 132 valence electrons. The number of carbonyl (C=O) groups excluding carboxylic acids is 1. The number of nitrogens with one attached hydrogen (secondary N) is 1. The van der Waals surface area contributed by atoms with Crippen LogP contribution in [-0.2, 0) is 6.18 Å². The maximum absolute atomic E-state index is 12.9. The van der Waals surface area contributed by atoms with Gasteiger partial charge in [0.25, 0.3) is 0 Å². The number of hydrogen-bond donors (Lipinski definition) is 1. The third-order valence-electron chi connectivity index (χ3n) is 3.45. The lowest BCUT2D eigenvalue weighted by atomic mass is 10.2. The standard InChI is InChI=1S/C18H13F3N4O/c19-18(20,21)13-5-4-6-14(11-13)24-17(26)25(15-7-2-1-3-8-15)16-9-10-22-12-23-16/h1-12H,(H,24,26). The predicted molar refractivity (Wildman–Crippen MR) is 91.1 cm³/mol. The van der Waals surface area contributed by atoms with Crippen molar-refractivity contribution in [2.24, 2.45) is 0 Å². The normalized spacial score (nSPS) is 11.0. The summed E-state index contributed by atoms with van der Waals surface area (Å²) in [6, 6.07) is 14.0. The Morgan fingerprint density at radius 2 is 1.77 bits per heavy atom. The lowest BCUT2D eigenvalue weighted by molar-refractivity contribution is -0.137. The van der Waals surface area contributed by atoms with E-state index in [1.165, 1.54) is 35.6 Å². The Morgan fingerprint density at radius 1 is 1.00 bits per heavy atom. The monoisotopic (exact) mass is 358 g/mol. The number of alkyl halides is 3. The summed E-state index contributed by atoms with van der Waals surface area (Å²) >= 11 is 0. The summed E-state index contributed by atoms with van der Waals surface area (Å²) in [5, 5.41) is 2.48. The van der Waals surface area contributed by atoms with E-state index in [0.717, 1.165) is 12.1 Å². The highest BCUT2D eigenvalue weighted by molar-refractivity contribution is 6.06. The van der Waals surface area contributed by atoms with Gasteiger partial charge in [-0.15, -0.1) is 0 Å². The number of aromatic nitrogens is 2. The molecule has 2 amide bonds. The van der Waals surface area contributed by atoms with E-state index in [-0.39, 0.29) is 11.5 Å². The maximum atomic E-state index is 12.9. The molecule has 0 fully saturated rings. The molecule has 0 aliphatic carbocycles. The minimum atomic E-state index is -4.49. The molecule has 0 unspecified atom stereocenters. The molecule has 3 aromatic rings. The largest absolute Gasteiger partial charge is 0.416 e. The predicted octanol–water partition coefficient (Wildman–Crippen LogP) is 4.87. The van der Waals surface area contributed by atoms with E-state index in [2.05, 4.69) is 15.3 Å². The quantitative estimate of drug-likeness (QED) is 0.727. The average Bonchev–Trinajstić information content (AvgIpc) is 2.63. The van der Waals surface area contributed by atoms with Gasteiger partial charge in [-0.05, 0) is 36.4 Å². The molecule has 1 heterocycles. The molecule has 8 heteroatoms. The molecule has 0 bridgehead atoms. The van der Waals surface area contributed by atoms with Crippen molar-refractivity contribution >= 4 is 23.2 Å². The Morgan fingerprint density at radius 3 is 2.42 bits per heavy atom. The SMILES string of the molecule is O=C(Nc1cccc(C(F)(F)F)c1)N(c1ccccc1)c1ccncn1. The molecule has 2 aromatic carbocycles. The molecule has 0 aliphatic rings. The third-order valence-corrected chi connectivity index (χ3v) is 3.45. The molecule has 0 saturated carbocycles. The highest BCUT2D eigenvalue weighted by Gasteiger charge is 2.30. The van der Waals surface area contributed by atoms with Gasteiger partial charge in [-0.1, -0.05) is 24.3 Å². The molecular formula is C18H13F3N4O. The number of carbonyl (C=O) groups is 1. The number of rotatable bonds is 3. The van der Waals surface area contributed by atoms with E-state index in [0.29, 0.717) is 5.69 Å². The van der Waals surface area contributed by atoms with Crippen LogP contribution < -0.4 is 10.2 Å². The molecule has 1 N–H and O–H groups in total. The molecule has 0 aliphatic heterocycles. The van der Waals surface area contributed by atoms with Crippen LogP contribution in [-0.4, -0.2) is 16.0 Å². The van der Waals surface area contributed by atoms with Crippen LogP contribution in [0.2, 0.25) is 0 Å². The van der Waals surface area contributed by atoms with E-state index < -0.39 is 17.8 Å². The van der Waals surface area contributed by atoms with E-state index in [1.807, 2.05) is 0 Å².